The zero-order valence-electron chi connectivity index (χ0n) is 17.4. The van der Waals surface area contributed by atoms with Crippen molar-refractivity contribution in [2.45, 2.75) is 36.6 Å². The fourth-order valence-corrected chi connectivity index (χ4v) is 4.91. The Hall–Kier alpha value is -2.79. The summed E-state index contributed by atoms with van der Waals surface area (Å²) in [5.41, 5.74) is 9.19. The highest BCUT2D eigenvalue weighted by Gasteiger charge is 2.50. The molecule has 0 saturated carbocycles. The van der Waals surface area contributed by atoms with E-state index < -0.39 is 21.6 Å². The Morgan fingerprint density at radius 1 is 1.28 bits per heavy atom. The standard InChI is InChI=1S/C23H20IN3O5/c1-11(2)18(25)21(29)32-23(24)15-8-17-19-13(7-12-5-3-4-6-16(12)26-19)9-27(17)20(28)14(15)10-31-22(23)30/h3-8,11,18H,9-10,25H2,1-2H3/t18-,23-/m0/s1. The highest BCUT2D eigenvalue weighted by molar-refractivity contribution is 14.1. The van der Waals surface area contributed by atoms with Crippen molar-refractivity contribution in [2.75, 3.05) is 0 Å². The molecule has 0 radical (unpaired) electrons. The van der Waals surface area contributed by atoms with E-state index in [1.807, 2.05) is 30.3 Å². The number of benzene rings is 1. The molecular formula is C23H20IN3O5. The van der Waals surface area contributed by atoms with Crippen molar-refractivity contribution in [3.05, 3.63) is 63.4 Å². The number of carbonyl (C=O) groups is 2. The second-order valence-corrected chi connectivity index (χ2v) is 9.88. The highest BCUT2D eigenvalue weighted by atomic mass is 127. The van der Waals surface area contributed by atoms with Crippen LogP contribution in [0.3, 0.4) is 0 Å². The number of nitrogens with two attached hydrogens (primary N) is 1. The van der Waals surface area contributed by atoms with Crippen molar-refractivity contribution in [3.8, 4) is 11.4 Å². The van der Waals surface area contributed by atoms with Crippen molar-refractivity contribution in [2.24, 2.45) is 11.7 Å². The predicted molar refractivity (Wildman–Crippen MR) is 125 cm³/mol. The molecule has 2 aliphatic rings. The van der Waals surface area contributed by atoms with Gasteiger partial charge in [0.15, 0.2) is 0 Å². The van der Waals surface area contributed by atoms with Gasteiger partial charge in [0.05, 0.1) is 29.0 Å². The van der Waals surface area contributed by atoms with Gasteiger partial charge in [-0.25, -0.2) is 9.78 Å². The zero-order valence-corrected chi connectivity index (χ0v) is 19.6. The summed E-state index contributed by atoms with van der Waals surface area (Å²) in [5.74, 6) is -1.66. The van der Waals surface area contributed by atoms with Crippen molar-refractivity contribution < 1.29 is 19.1 Å². The van der Waals surface area contributed by atoms with Crippen LogP contribution in [-0.2, 0) is 35.8 Å². The van der Waals surface area contributed by atoms with Crippen LogP contribution in [0.2, 0.25) is 0 Å². The number of halogens is 1. The lowest BCUT2D eigenvalue weighted by atomic mass is 9.99. The van der Waals surface area contributed by atoms with E-state index in [-0.39, 0.29) is 23.6 Å². The number of alkyl halides is 1. The first-order chi connectivity index (χ1) is 15.2. The molecule has 2 N–H and O–H groups in total. The third-order valence-corrected chi connectivity index (χ3v) is 7.20. The van der Waals surface area contributed by atoms with Crippen LogP contribution in [0, 0.1) is 5.92 Å². The predicted octanol–water partition coefficient (Wildman–Crippen LogP) is 2.60. The summed E-state index contributed by atoms with van der Waals surface area (Å²) in [6, 6.07) is 10.5. The summed E-state index contributed by atoms with van der Waals surface area (Å²) >= 11 is 1.73. The van der Waals surface area contributed by atoms with Crippen molar-refractivity contribution in [1.29, 1.82) is 0 Å². The van der Waals surface area contributed by atoms with E-state index in [1.54, 1.807) is 47.1 Å². The Labute approximate surface area is 196 Å². The molecule has 0 saturated heterocycles. The molecule has 1 aromatic carbocycles. The van der Waals surface area contributed by atoms with E-state index in [0.717, 1.165) is 16.5 Å². The number of carbonyl (C=O) groups excluding carboxylic acids is 2. The number of fused-ring (bicyclic) bond motifs is 5. The summed E-state index contributed by atoms with van der Waals surface area (Å²) in [7, 11) is 0. The zero-order chi connectivity index (χ0) is 22.8. The molecule has 5 rings (SSSR count). The molecule has 8 nitrogen and oxygen atoms in total. The van der Waals surface area contributed by atoms with Gasteiger partial charge in [0.25, 0.3) is 9.17 Å². The smallest absolute Gasteiger partial charge is 0.366 e. The molecule has 0 amide bonds. The molecule has 4 heterocycles. The number of cyclic esters (lactones) is 1. The number of pyridine rings is 2. The normalized spacial score (nSPS) is 19.8. The van der Waals surface area contributed by atoms with Gasteiger partial charge in [-0.2, -0.15) is 0 Å². The van der Waals surface area contributed by atoms with Crippen molar-refractivity contribution in [1.82, 2.24) is 9.55 Å². The van der Waals surface area contributed by atoms with Crippen LogP contribution in [0.5, 0.6) is 0 Å². The summed E-state index contributed by atoms with van der Waals surface area (Å²) in [4.78, 5) is 43.5. The molecule has 2 aliphatic heterocycles. The molecule has 2 atom stereocenters. The molecule has 0 fully saturated rings. The first-order valence-corrected chi connectivity index (χ1v) is 11.3. The number of aromatic nitrogens is 2. The Kier molecular flexibility index (Phi) is 4.86. The van der Waals surface area contributed by atoms with Crippen LogP contribution < -0.4 is 11.3 Å². The minimum Gasteiger partial charge on any atom is -0.457 e. The van der Waals surface area contributed by atoms with E-state index in [9.17, 15) is 14.4 Å². The topological polar surface area (TPSA) is 114 Å². The largest absolute Gasteiger partial charge is 0.457 e. The fourth-order valence-electron chi connectivity index (χ4n) is 4.06. The van der Waals surface area contributed by atoms with Crippen LogP contribution >= 0.6 is 22.6 Å². The molecule has 0 bridgehead atoms. The molecule has 0 unspecified atom stereocenters. The maximum atomic E-state index is 13.4. The van der Waals surface area contributed by atoms with Gasteiger partial charge in [-0.05, 0) is 46.7 Å². The lowest BCUT2D eigenvalue weighted by Gasteiger charge is -2.33. The van der Waals surface area contributed by atoms with Crippen LogP contribution in [0.15, 0.2) is 41.2 Å². The number of para-hydroxylation sites is 1. The monoisotopic (exact) mass is 545 g/mol. The number of esters is 2. The summed E-state index contributed by atoms with van der Waals surface area (Å²) < 4.78 is 10.7. The Morgan fingerprint density at radius 2 is 2.03 bits per heavy atom. The Balaban J connectivity index is 1.68. The molecule has 32 heavy (non-hydrogen) atoms. The first kappa shape index (κ1) is 21.1. The SMILES string of the molecule is CC(C)[C@H](N)C(=O)O[C@]1(I)C(=O)OCc2c1cc1n(c2=O)Cc2cc3ccccc3nc2-1. The molecule has 2 aromatic heterocycles. The van der Waals surface area contributed by atoms with Crippen molar-refractivity contribution in [3.63, 3.8) is 0 Å². The molecular weight excluding hydrogens is 525 g/mol. The summed E-state index contributed by atoms with van der Waals surface area (Å²) in [6.07, 6.45) is 0. The average Bonchev–Trinajstić information content (AvgIpc) is 3.12. The van der Waals surface area contributed by atoms with Crippen LogP contribution in [-0.4, -0.2) is 27.5 Å². The van der Waals surface area contributed by atoms with Gasteiger partial charge in [0.1, 0.15) is 12.6 Å². The lowest BCUT2D eigenvalue weighted by molar-refractivity contribution is -0.175. The Bertz CT molecular complexity index is 1370. The van der Waals surface area contributed by atoms with Gasteiger partial charge < -0.3 is 19.8 Å². The number of hydrogen-bond donors (Lipinski definition) is 1. The van der Waals surface area contributed by atoms with E-state index in [4.69, 9.17) is 20.2 Å². The number of hydrogen-bond acceptors (Lipinski definition) is 7. The maximum absolute atomic E-state index is 13.4. The first-order valence-electron chi connectivity index (χ1n) is 10.2. The third-order valence-electron chi connectivity index (χ3n) is 5.96. The maximum Gasteiger partial charge on any atom is 0.366 e. The number of ether oxygens (including phenoxy) is 2. The minimum atomic E-state index is -1.80. The third kappa shape index (κ3) is 3.06. The Morgan fingerprint density at radius 3 is 2.78 bits per heavy atom. The minimum absolute atomic E-state index is 0.183. The molecule has 164 valence electrons. The quantitative estimate of drug-likeness (QED) is 0.239. The highest BCUT2D eigenvalue weighted by Crippen LogP contribution is 2.43. The fraction of sp³-hybridized carbons (Fsp3) is 0.304. The van der Waals surface area contributed by atoms with E-state index >= 15 is 0 Å². The molecule has 3 aromatic rings. The van der Waals surface area contributed by atoms with Gasteiger partial charge >= 0.3 is 11.9 Å². The number of nitrogens with zero attached hydrogens (tertiary/aromatic N) is 2. The van der Waals surface area contributed by atoms with Crippen LogP contribution in [0.25, 0.3) is 22.3 Å². The second kappa shape index (κ2) is 7.38. The number of rotatable bonds is 3. The van der Waals surface area contributed by atoms with Gasteiger partial charge in [0, 0.05) is 16.5 Å². The van der Waals surface area contributed by atoms with Gasteiger partial charge in [0.2, 0.25) is 0 Å². The van der Waals surface area contributed by atoms with E-state index in [0.29, 0.717) is 23.5 Å². The molecule has 9 heteroatoms. The van der Waals surface area contributed by atoms with Crippen LogP contribution in [0.1, 0.15) is 30.5 Å². The van der Waals surface area contributed by atoms with E-state index in [2.05, 4.69) is 0 Å². The lowest BCUT2D eigenvalue weighted by Crippen LogP contribution is -2.47. The van der Waals surface area contributed by atoms with E-state index in [1.165, 1.54) is 0 Å². The summed E-state index contributed by atoms with van der Waals surface area (Å²) in [5, 5.41) is 0.982. The van der Waals surface area contributed by atoms with Gasteiger partial charge in [-0.1, -0.05) is 32.0 Å². The van der Waals surface area contributed by atoms with Crippen molar-refractivity contribution >= 4 is 45.4 Å². The van der Waals surface area contributed by atoms with Crippen LogP contribution in [0.4, 0.5) is 0 Å². The van der Waals surface area contributed by atoms with Gasteiger partial charge in [-0.3, -0.25) is 9.59 Å². The second-order valence-electron chi connectivity index (χ2n) is 8.36. The van der Waals surface area contributed by atoms with Gasteiger partial charge in [-0.15, -0.1) is 0 Å². The molecule has 0 aliphatic carbocycles. The average molecular weight is 545 g/mol. The molecule has 0 spiro atoms. The summed E-state index contributed by atoms with van der Waals surface area (Å²) in [6.45, 7) is 3.75.